The SMILES string of the molecule is Cc1cccc(NC(=O)c2ccc(-c3cncnc3)nc2)c1C. The topological polar surface area (TPSA) is 67.8 Å². The lowest BCUT2D eigenvalue weighted by Crippen LogP contribution is -2.13. The van der Waals surface area contributed by atoms with Gasteiger partial charge in [0, 0.05) is 29.8 Å². The van der Waals surface area contributed by atoms with Crippen LogP contribution < -0.4 is 5.32 Å². The highest BCUT2D eigenvalue weighted by atomic mass is 16.1. The Balaban J connectivity index is 1.79. The lowest BCUT2D eigenvalue weighted by molar-refractivity contribution is 0.102. The molecule has 0 spiro atoms. The molecular weight excluding hydrogens is 288 g/mol. The van der Waals surface area contributed by atoms with Crippen LogP contribution in [0.5, 0.6) is 0 Å². The van der Waals surface area contributed by atoms with E-state index >= 15 is 0 Å². The molecule has 1 amide bonds. The van der Waals surface area contributed by atoms with E-state index < -0.39 is 0 Å². The van der Waals surface area contributed by atoms with E-state index in [2.05, 4.69) is 20.3 Å². The summed E-state index contributed by atoms with van der Waals surface area (Å²) in [5, 5.41) is 2.92. The van der Waals surface area contributed by atoms with E-state index in [0.717, 1.165) is 28.1 Å². The van der Waals surface area contributed by atoms with Crippen molar-refractivity contribution in [3.8, 4) is 11.3 Å². The van der Waals surface area contributed by atoms with Crippen LogP contribution in [0.4, 0.5) is 5.69 Å². The summed E-state index contributed by atoms with van der Waals surface area (Å²) in [7, 11) is 0. The normalized spacial score (nSPS) is 10.3. The quantitative estimate of drug-likeness (QED) is 0.805. The van der Waals surface area contributed by atoms with Gasteiger partial charge in [-0.25, -0.2) is 9.97 Å². The third kappa shape index (κ3) is 3.23. The second kappa shape index (κ2) is 6.36. The molecule has 0 radical (unpaired) electrons. The number of aromatic nitrogens is 3. The second-order valence-electron chi connectivity index (χ2n) is 5.26. The van der Waals surface area contributed by atoms with Crippen molar-refractivity contribution >= 4 is 11.6 Å². The van der Waals surface area contributed by atoms with Gasteiger partial charge in [-0.1, -0.05) is 12.1 Å². The third-order valence-electron chi connectivity index (χ3n) is 3.73. The van der Waals surface area contributed by atoms with Crippen molar-refractivity contribution in [2.24, 2.45) is 0 Å². The van der Waals surface area contributed by atoms with Gasteiger partial charge in [0.25, 0.3) is 5.91 Å². The Labute approximate surface area is 134 Å². The molecule has 0 saturated heterocycles. The van der Waals surface area contributed by atoms with E-state index in [1.54, 1.807) is 30.7 Å². The first-order valence-corrected chi connectivity index (χ1v) is 7.24. The number of carbonyl (C=O) groups excluding carboxylic acids is 1. The molecule has 0 saturated carbocycles. The van der Waals surface area contributed by atoms with E-state index in [-0.39, 0.29) is 5.91 Å². The molecule has 0 bridgehead atoms. The number of nitrogens with zero attached hydrogens (tertiary/aromatic N) is 3. The van der Waals surface area contributed by atoms with Crippen LogP contribution in [0.25, 0.3) is 11.3 Å². The maximum atomic E-state index is 12.3. The predicted octanol–water partition coefficient (Wildman–Crippen LogP) is 3.41. The highest BCUT2D eigenvalue weighted by molar-refractivity contribution is 6.04. The zero-order valence-electron chi connectivity index (χ0n) is 12.9. The fraction of sp³-hybridized carbons (Fsp3) is 0.111. The van der Waals surface area contributed by atoms with Crippen LogP contribution in [0.15, 0.2) is 55.2 Å². The fourth-order valence-corrected chi connectivity index (χ4v) is 2.21. The first-order chi connectivity index (χ1) is 11.1. The van der Waals surface area contributed by atoms with E-state index in [4.69, 9.17) is 0 Å². The molecule has 0 unspecified atom stereocenters. The lowest BCUT2D eigenvalue weighted by atomic mass is 10.1. The molecule has 3 rings (SSSR count). The number of pyridine rings is 1. The summed E-state index contributed by atoms with van der Waals surface area (Å²) >= 11 is 0. The molecule has 5 nitrogen and oxygen atoms in total. The maximum Gasteiger partial charge on any atom is 0.257 e. The van der Waals surface area contributed by atoms with E-state index in [9.17, 15) is 4.79 Å². The second-order valence-corrected chi connectivity index (χ2v) is 5.26. The molecule has 0 fully saturated rings. The summed E-state index contributed by atoms with van der Waals surface area (Å²) in [5.41, 5.74) is 5.07. The standard InChI is InChI=1S/C18H16N4O/c1-12-4-3-5-16(13(12)2)22-18(23)14-6-7-17(21-10-14)15-8-19-11-20-9-15/h3-11H,1-2H3,(H,22,23). The average Bonchev–Trinajstić information content (AvgIpc) is 2.60. The molecule has 0 aliphatic rings. The van der Waals surface area contributed by atoms with Gasteiger partial charge in [-0.05, 0) is 43.2 Å². The van der Waals surface area contributed by atoms with Crippen molar-refractivity contribution in [3.63, 3.8) is 0 Å². The number of anilines is 1. The Morgan fingerprint density at radius 1 is 1.00 bits per heavy atom. The summed E-state index contributed by atoms with van der Waals surface area (Å²) < 4.78 is 0. The molecule has 2 heterocycles. The minimum absolute atomic E-state index is 0.179. The van der Waals surface area contributed by atoms with Gasteiger partial charge in [-0.2, -0.15) is 0 Å². The van der Waals surface area contributed by atoms with Crippen LogP contribution in [0.1, 0.15) is 21.5 Å². The molecule has 23 heavy (non-hydrogen) atoms. The van der Waals surface area contributed by atoms with Crippen LogP contribution in [0.3, 0.4) is 0 Å². The van der Waals surface area contributed by atoms with Crippen LogP contribution in [-0.4, -0.2) is 20.9 Å². The molecule has 0 atom stereocenters. The highest BCUT2D eigenvalue weighted by Gasteiger charge is 2.09. The van der Waals surface area contributed by atoms with Crippen molar-refractivity contribution in [1.82, 2.24) is 15.0 Å². The molecule has 1 aromatic carbocycles. The first-order valence-electron chi connectivity index (χ1n) is 7.24. The van der Waals surface area contributed by atoms with Crippen molar-refractivity contribution in [2.75, 3.05) is 5.32 Å². The minimum atomic E-state index is -0.179. The van der Waals surface area contributed by atoms with E-state index in [1.165, 1.54) is 6.33 Å². The van der Waals surface area contributed by atoms with Gasteiger partial charge < -0.3 is 5.32 Å². The Morgan fingerprint density at radius 2 is 1.78 bits per heavy atom. The van der Waals surface area contributed by atoms with Gasteiger partial charge in [-0.15, -0.1) is 0 Å². The van der Waals surface area contributed by atoms with E-state index in [1.807, 2.05) is 32.0 Å². The predicted molar refractivity (Wildman–Crippen MR) is 89.1 cm³/mol. The van der Waals surface area contributed by atoms with Crippen LogP contribution in [-0.2, 0) is 0 Å². The number of carbonyl (C=O) groups is 1. The van der Waals surface area contributed by atoms with Crippen LogP contribution >= 0.6 is 0 Å². The summed E-state index contributed by atoms with van der Waals surface area (Å²) in [6.45, 7) is 4.00. The van der Waals surface area contributed by atoms with Gasteiger partial charge in [0.15, 0.2) is 0 Å². The minimum Gasteiger partial charge on any atom is -0.322 e. The number of amides is 1. The summed E-state index contributed by atoms with van der Waals surface area (Å²) in [6, 6.07) is 9.37. The van der Waals surface area contributed by atoms with Gasteiger partial charge in [0.05, 0.1) is 11.3 Å². The molecule has 2 aromatic heterocycles. The number of hydrogen-bond donors (Lipinski definition) is 1. The van der Waals surface area contributed by atoms with E-state index in [0.29, 0.717) is 5.56 Å². The van der Waals surface area contributed by atoms with Gasteiger partial charge in [0.1, 0.15) is 6.33 Å². The van der Waals surface area contributed by atoms with Crippen molar-refractivity contribution in [2.45, 2.75) is 13.8 Å². The maximum absolute atomic E-state index is 12.3. The van der Waals surface area contributed by atoms with Gasteiger partial charge in [-0.3, -0.25) is 9.78 Å². The Kier molecular flexibility index (Phi) is 4.10. The summed E-state index contributed by atoms with van der Waals surface area (Å²) in [4.78, 5) is 24.6. The largest absolute Gasteiger partial charge is 0.322 e. The van der Waals surface area contributed by atoms with Crippen LogP contribution in [0.2, 0.25) is 0 Å². The molecular formula is C18H16N4O. The fourth-order valence-electron chi connectivity index (χ4n) is 2.21. The Morgan fingerprint density at radius 3 is 2.48 bits per heavy atom. The molecule has 3 aromatic rings. The van der Waals surface area contributed by atoms with Gasteiger partial charge in [0.2, 0.25) is 0 Å². The lowest BCUT2D eigenvalue weighted by Gasteiger charge is -2.10. The number of nitrogens with one attached hydrogen (secondary N) is 1. The van der Waals surface area contributed by atoms with Gasteiger partial charge >= 0.3 is 0 Å². The Bertz CT molecular complexity index is 829. The number of aryl methyl sites for hydroxylation is 1. The monoisotopic (exact) mass is 304 g/mol. The number of hydrogen-bond acceptors (Lipinski definition) is 4. The smallest absolute Gasteiger partial charge is 0.257 e. The van der Waals surface area contributed by atoms with Crippen LogP contribution in [0, 0.1) is 13.8 Å². The average molecular weight is 304 g/mol. The molecule has 5 heteroatoms. The zero-order valence-corrected chi connectivity index (χ0v) is 12.9. The molecule has 0 aliphatic heterocycles. The van der Waals surface area contributed by atoms with Crippen molar-refractivity contribution in [1.29, 1.82) is 0 Å². The summed E-state index contributed by atoms with van der Waals surface area (Å²) in [6.07, 6.45) is 6.40. The molecule has 1 N–H and O–H groups in total. The zero-order chi connectivity index (χ0) is 16.2. The molecule has 114 valence electrons. The van der Waals surface area contributed by atoms with Crippen molar-refractivity contribution in [3.05, 3.63) is 71.9 Å². The summed E-state index contributed by atoms with van der Waals surface area (Å²) in [5.74, 6) is -0.179. The molecule has 0 aliphatic carbocycles. The van der Waals surface area contributed by atoms with Crippen molar-refractivity contribution < 1.29 is 4.79 Å². The highest BCUT2D eigenvalue weighted by Crippen LogP contribution is 2.19. The number of rotatable bonds is 3. The number of benzene rings is 1. The first kappa shape index (κ1) is 14.8. The third-order valence-corrected chi connectivity index (χ3v) is 3.73. The Hall–Kier alpha value is -3.08.